The van der Waals surface area contributed by atoms with Crippen molar-refractivity contribution in [3.05, 3.63) is 53.7 Å². The zero-order valence-electron chi connectivity index (χ0n) is 14.9. The number of rotatable bonds is 3. The number of benzene rings is 2. The molecule has 0 atom stereocenters. The Kier molecular flexibility index (Phi) is 3.81. The molecule has 0 saturated heterocycles. The summed E-state index contributed by atoms with van der Waals surface area (Å²) in [5.41, 5.74) is 5.52. The first kappa shape index (κ1) is 16.1. The third-order valence-electron chi connectivity index (χ3n) is 4.75. The molecular weight excluding hydrogens is 324 g/mol. The van der Waals surface area contributed by atoms with Crippen molar-refractivity contribution in [2.24, 2.45) is 7.05 Å². The van der Waals surface area contributed by atoms with Gasteiger partial charge in [0.2, 0.25) is 0 Å². The number of hydrogen-bond acceptors (Lipinski definition) is 4. The van der Waals surface area contributed by atoms with Gasteiger partial charge in [-0.05, 0) is 30.2 Å². The van der Waals surface area contributed by atoms with Crippen molar-refractivity contribution in [2.75, 3.05) is 7.11 Å². The Morgan fingerprint density at radius 2 is 1.96 bits per heavy atom. The molecular formula is C21H18N4O. The molecule has 2 aromatic heterocycles. The molecule has 0 amide bonds. The molecule has 0 N–H and O–H groups in total. The summed E-state index contributed by atoms with van der Waals surface area (Å²) in [7, 11) is 3.61. The Labute approximate surface area is 151 Å². The number of ether oxygens (including phenoxy) is 1. The lowest BCUT2D eigenvalue weighted by molar-refractivity contribution is 0.411. The van der Waals surface area contributed by atoms with Crippen molar-refractivity contribution < 1.29 is 4.74 Å². The number of fused-ring (bicyclic) bond motifs is 3. The fraction of sp³-hybridized carbons (Fsp3) is 0.190. The van der Waals surface area contributed by atoms with Gasteiger partial charge in [0.05, 0.1) is 36.0 Å². The Bertz CT molecular complexity index is 1170. The number of pyridine rings is 1. The maximum Gasteiger partial charge on any atom is 0.124 e. The summed E-state index contributed by atoms with van der Waals surface area (Å²) < 4.78 is 7.36. The van der Waals surface area contributed by atoms with E-state index < -0.39 is 0 Å². The molecule has 0 aliphatic carbocycles. The highest BCUT2D eigenvalue weighted by molar-refractivity contribution is 6.11. The summed E-state index contributed by atoms with van der Waals surface area (Å²) in [6.07, 6.45) is 2.73. The van der Waals surface area contributed by atoms with Gasteiger partial charge in [-0.15, -0.1) is 0 Å². The Morgan fingerprint density at radius 1 is 1.19 bits per heavy atom. The van der Waals surface area contributed by atoms with Gasteiger partial charge < -0.3 is 4.74 Å². The van der Waals surface area contributed by atoms with Crippen molar-refractivity contribution in [1.29, 1.82) is 5.26 Å². The zero-order valence-corrected chi connectivity index (χ0v) is 14.9. The molecule has 26 heavy (non-hydrogen) atoms. The minimum absolute atomic E-state index is 0.638. The predicted molar refractivity (Wildman–Crippen MR) is 102 cm³/mol. The van der Waals surface area contributed by atoms with Crippen LogP contribution in [0.15, 0.2) is 42.6 Å². The fourth-order valence-corrected chi connectivity index (χ4v) is 3.37. The Balaban J connectivity index is 2.07. The van der Waals surface area contributed by atoms with E-state index in [0.29, 0.717) is 5.56 Å². The molecule has 5 heteroatoms. The van der Waals surface area contributed by atoms with Crippen molar-refractivity contribution in [3.63, 3.8) is 0 Å². The average molecular weight is 342 g/mol. The highest BCUT2D eigenvalue weighted by atomic mass is 16.5. The highest BCUT2D eigenvalue weighted by Gasteiger charge is 2.16. The molecule has 4 aromatic rings. The van der Waals surface area contributed by atoms with E-state index in [-0.39, 0.29) is 0 Å². The van der Waals surface area contributed by atoms with Crippen LogP contribution in [0, 0.1) is 11.3 Å². The van der Waals surface area contributed by atoms with Crippen LogP contribution >= 0.6 is 0 Å². The summed E-state index contributed by atoms with van der Waals surface area (Å²) in [5.74, 6) is 0.857. The van der Waals surface area contributed by atoms with Gasteiger partial charge in [0.25, 0.3) is 0 Å². The van der Waals surface area contributed by atoms with Crippen molar-refractivity contribution in [3.8, 4) is 23.1 Å². The van der Waals surface area contributed by atoms with Gasteiger partial charge in [0.15, 0.2) is 0 Å². The summed E-state index contributed by atoms with van der Waals surface area (Å²) in [6, 6.07) is 13.8. The van der Waals surface area contributed by atoms with Crippen LogP contribution in [0.2, 0.25) is 0 Å². The van der Waals surface area contributed by atoms with Crippen molar-refractivity contribution in [2.45, 2.75) is 13.3 Å². The maximum atomic E-state index is 9.03. The van der Waals surface area contributed by atoms with Crippen LogP contribution in [-0.2, 0) is 13.5 Å². The quantitative estimate of drug-likeness (QED) is 0.559. The van der Waals surface area contributed by atoms with E-state index in [9.17, 15) is 0 Å². The summed E-state index contributed by atoms with van der Waals surface area (Å²) in [4.78, 5) is 4.60. The van der Waals surface area contributed by atoms with Crippen LogP contribution < -0.4 is 4.74 Å². The monoisotopic (exact) mass is 342 g/mol. The van der Waals surface area contributed by atoms with Gasteiger partial charge >= 0.3 is 0 Å². The molecule has 0 fully saturated rings. The molecule has 0 aliphatic rings. The van der Waals surface area contributed by atoms with Gasteiger partial charge in [-0.25, -0.2) is 0 Å². The van der Waals surface area contributed by atoms with E-state index in [2.05, 4.69) is 24.0 Å². The summed E-state index contributed by atoms with van der Waals surface area (Å²) >= 11 is 0. The third-order valence-corrected chi connectivity index (χ3v) is 4.75. The second-order valence-corrected chi connectivity index (χ2v) is 6.21. The van der Waals surface area contributed by atoms with E-state index in [4.69, 9.17) is 15.1 Å². The molecule has 128 valence electrons. The molecule has 0 radical (unpaired) electrons. The first-order valence-electron chi connectivity index (χ1n) is 8.49. The standard InChI is InChI=1S/C21H18N4O/c1-4-14-9-16-17(10-19(14)26-3)23-12-18-20(16)21(24-25(18)2)15-7-5-13(11-22)6-8-15/h5-10,12H,4H2,1-3H3. The summed E-state index contributed by atoms with van der Waals surface area (Å²) in [6.45, 7) is 2.11. The zero-order chi connectivity index (χ0) is 18.3. The van der Waals surface area contributed by atoms with Gasteiger partial charge in [-0.1, -0.05) is 19.1 Å². The predicted octanol–water partition coefficient (Wildman–Crippen LogP) is 4.23. The van der Waals surface area contributed by atoms with E-state index in [1.807, 2.05) is 48.3 Å². The van der Waals surface area contributed by atoms with Gasteiger partial charge in [-0.3, -0.25) is 9.67 Å². The number of nitrogens with zero attached hydrogens (tertiary/aromatic N) is 4. The Hall–Kier alpha value is -3.39. The number of methoxy groups -OCH3 is 1. The molecule has 5 nitrogen and oxygen atoms in total. The van der Waals surface area contributed by atoms with Crippen LogP contribution in [0.25, 0.3) is 33.1 Å². The van der Waals surface area contributed by atoms with Crippen LogP contribution in [-0.4, -0.2) is 21.9 Å². The lowest BCUT2D eigenvalue weighted by Gasteiger charge is -2.09. The minimum Gasteiger partial charge on any atom is -0.496 e. The van der Waals surface area contributed by atoms with Gasteiger partial charge in [0, 0.05) is 29.4 Å². The maximum absolute atomic E-state index is 9.03. The molecule has 0 spiro atoms. The number of hydrogen-bond donors (Lipinski definition) is 0. The van der Waals surface area contributed by atoms with E-state index in [1.54, 1.807) is 7.11 Å². The molecule has 0 aliphatic heterocycles. The summed E-state index contributed by atoms with van der Waals surface area (Å²) in [5, 5.41) is 15.9. The highest BCUT2D eigenvalue weighted by Crippen LogP contribution is 2.35. The topological polar surface area (TPSA) is 63.7 Å². The number of nitriles is 1. The first-order chi connectivity index (χ1) is 12.7. The van der Waals surface area contributed by atoms with Gasteiger partial charge in [0.1, 0.15) is 11.4 Å². The SMILES string of the molecule is CCc1cc2c(cc1OC)ncc1c2c(-c2ccc(C#N)cc2)nn1C. The third kappa shape index (κ3) is 2.39. The second-order valence-electron chi connectivity index (χ2n) is 6.21. The molecule has 0 saturated carbocycles. The molecule has 0 bridgehead atoms. The lowest BCUT2D eigenvalue weighted by Crippen LogP contribution is -1.93. The smallest absolute Gasteiger partial charge is 0.124 e. The van der Waals surface area contributed by atoms with E-state index >= 15 is 0 Å². The average Bonchev–Trinajstić information content (AvgIpc) is 3.03. The van der Waals surface area contributed by atoms with Crippen LogP contribution in [0.1, 0.15) is 18.1 Å². The van der Waals surface area contributed by atoms with Crippen LogP contribution in [0.5, 0.6) is 5.75 Å². The molecule has 0 unspecified atom stereocenters. The van der Waals surface area contributed by atoms with E-state index in [0.717, 1.165) is 50.8 Å². The molecule has 4 rings (SSSR count). The fourth-order valence-electron chi connectivity index (χ4n) is 3.37. The first-order valence-corrected chi connectivity index (χ1v) is 8.49. The van der Waals surface area contributed by atoms with E-state index in [1.165, 1.54) is 0 Å². The van der Waals surface area contributed by atoms with Crippen molar-refractivity contribution in [1.82, 2.24) is 14.8 Å². The largest absolute Gasteiger partial charge is 0.496 e. The minimum atomic E-state index is 0.638. The van der Waals surface area contributed by atoms with Gasteiger partial charge in [-0.2, -0.15) is 10.4 Å². The van der Waals surface area contributed by atoms with Crippen LogP contribution in [0.3, 0.4) is 0 Å². The second kappa shape index (κ2) is 6.16. The van der Waals surface area contributed by atoms with Crippen LogP contribution in [0.4, 0.5) is 0 Å². The number of aryl methyl sites for hydroxylation is 2. The lowest BCUT2D eigenvalue weighted by atomic mass is 10.0. The molecule has 2 aromatic carbocycles. The Morgan fingerprint density at radius 3 is 2.62 bits per heavy atom. The molecule has 2 heterocycles. The normalized spacial score (nSPS) is 11.0. The van der Waals surface area contributed by atoms with Crippen molar-refractivity contribution >= 4 is 21.8 Å². The number of aromatic nitrogens is 3.